The molecule has 0 saturated heterocycles. The highest BCUT2D eigenvalue weighted by Gasteiger charge is 2.13. The van der Waals surface area contributed by atoms with Crippen LogP contribution in [0, 0.1) is 6.92 Å². The van der Waals surface area contributed by atoms with E-state index in [4.69, 9.17) is 0 Å². The summed E-state index contributed by atoms with van der Waals surface area (Å²) in [5.74, 6) is 0.718. The lowest BCUT2D eigenvalue weighted by Crippen LogP contribution is -2.30. The molecule has 86 valence electrons. The molecular weight excluding hydrogens is 208 g/mol. The molecule has 2 heterocycles. The highest BCUT2D eigenvalue weighted by atomic mass is 16.2. The second-order valence-electron chi connectivity index (χ2n) is 3.80. The first-order valence-corrected chi connectivity index (χ1v) is 5.22. The molecule has 0 aliphatic rings. The van der Waals surface area contributed by atoms with Crippen molar-refractivity contribution >= 4 is 11.2 Å². The molecule has 0 aliphatic carbocycles. The van der Waals surface area contributed by atoms with Gasteiger partial charge >= 0.3 is 5.69 Å². The topological polar surface area (TPSA) is 72.7 Å². The number of aromatic amines is 1. The van der Waals surface area contributed by atoms with Crippen molar-refractivity contribution in [1.82, 2.24) is 19.1 Å². The third-order valence-corrected chi connectivity index (χ3v) is 2.68. The normalized spacial score (nSPS) is 11.2. The second-order valence-corrected chi connectivity index (χ2v) is 3.80. The van der Waals surface area contributed by atoms with Crippen LogP contribution in [0.3, 0.4) is 0 Å². The number of hydrogen-bond acceptors (Lipinski definition) is 3. The van der Waals surface area contributed by atoms with Crippen LogP contribution < -0.4 is 11.2 Å². The summed E-state index contributed by atoms with van der Waals surface area (Å²) >= 11 is 0. The maximum absolute atomic E-state index is 11.7. The van der Waals surface area contributed by atoms with E-state index in [2.05, 4.69) is 9.97 Å². The van der Waals surface area contributed by atoms with Gasteiger partial charge in [-0.3, -0.25) is 14.3 Å². The average Bonchev–Trinajstić information content (AvgIpc) is 2.50. The monoisotopic (exact) mass is 222 g/mol. The van der Waals surface area contributed by atoms with Gasteiger partial charge in [-0.15, -0.1) is 0 Å². The molecule has 0 fully saturated rings. The number of aryl methyl sites for hydroxylation is 3. The average molecular weight is 222 g/mol. The highest BCUT2D eigenvalue weighted by Crippen LogP contribution is 2.08. The molecule has 0 unspecified atom stereocenters. The Labute approximate surface area is 91.5 Å². The van der Waals surface area contributed by atoms with Crippen LogP contribution in [0.1, 0.15) is 19.2 Å². The molecule has 2 rings (SSSR count). The quantitative estimate of drug-likeness (QED) is 0.785. The minimum absolute atomic E-state index is 0.379. The van der Waals surface area contributed by atoms with Gasteiger partial charge in [0.2, 0.25) is 0 Å². The molecule has 2 aromatic rings. The van der Waals surface area contributed by atoms with Crippen LogP contribution in [0.15, 0.2) is 9.59 Å². The molecule has 6 nitrogen and oxygen atoms in total. The van der Waals surface area contributed by atoms with E-state index < -0.39 is 5.69 Å². The molecular formula is C10H14N4O2. The summed E-state index contributed by atoms with van der Waals surface area (Å²) in [6, 6.07) is 0. The smallest absolute Gasteiger partial charge is 0.325 e. The molecule has 6 heteroatoms. The third-order valence-electron chi connectivity index (χ3n) is 2.68. The highest BCUT2D eigenvalue weighted by molar-refractivity contribution is 5.70. The van der Waals surface area contributed by atoms with Crippen LogP contribution in [0.5, 0.6) is 0 Å². The van der Waals surface area contributed by atoms with Crippen LogP contribution in [-0.4, -0.2) is 19.1 Å². The van der Waals surface area contributed by atoms with Crippen molar-refractivity contribution in [2.45, 2.75) is 26.8 Å². The predicted molar refractivity (Wildman–Crippen MR) is 60.6 cm³/mol. The van der Waals surface area contributed by atoms with Gasteiger partial charge in [0.05, 0.1) is 0 Å². The SMILES string of the molecule is CCCn1c(=O)[nH]c(=O)c2c1nc(C)n2C. The predicted octanol–water partition coefficient (Wildman–Crippen LogP) is 0.142. The molecule has 1 N–H and O–H groups in total. The van der Waals surface area contributed by atoms with Gasteiger partial charge < -0.3 is 4.57 Å². The zero-order valence-electron chi connectivity index (χ0n) is 9.57. The molecule has 0 aliphatic heterocycles. The fourth-order valence-electron chi connectivity index (χ4n) is 1.79. The summed E-state index contributed by atoms with van der Waals surface area (Å²) in [7, 11) is 1.76. The van der Waals surface area contributed by atoms with Crippen molar-refractivity contribution in [2.75, 3.05) is 0 Å². The van der Waals surface area contributed by atoms with Gasteiger partial charge in [-0.25, -0.2) is 9.78 Å². The van der Waals surface area contributed by atoms with Crippen LogP contribution >= 0.6 is 0 Å². The number of aromatic nitrogens is 4. The summed E-state index contributed by atoms with van der Waals surface area (Å²) in [5, 5.41) is 0. The Morgan fingerprint density at radius 3 is 2.69 bits per heavy atom. The summed E-state index contributed by atoms with van der Waals surface area (Å²) in [6.07, 6.45) is 0.816. The van der Waals surface area contributed by atoms with Crippen molar-refractivity contribution < 1.29 is 0 Å². The number of fused-ring (bicyclic) bond motifs is 1. The van der Waals surface area contributed by atoms with Gasteiger partial charge in [0.1, 0.15) is 5.82 Å². The van der Waals surface area contributed by atoms with Crippen LogP contribution in [-0.2, 0) is 13.6 Å². The Balaban J connectivity index is 2.96. The Kier molecular flexibility index (Phi) is 2.41. The first-order valence-electron chi connectivity index (χ1n) is 5.22. The molecule has 0 aromatic carbocycles. The Morgan fingerprint density at radius 1 is 1.38 bits per heavy atom. The fraction of sp³-hybridized carbons (Fsp3) is 0.500. The molecule has 0 spiro atoms. The number of rotatable bonds is 2. The lowest BCUT2D eigenvalue weighted by molar-refractivity contribution is 0.652. The van der Waals surface area contributed by atoms with Gasteiger partial charge in [-0.2, -0.15) is 0 Å². The van der Waals surface area contributed by atoms with Crippen LogP contribution in [0.25, 0.3) is 11.2 Å². The molecule has 0 bridgehead atoms. The van der Waals surface area contributed by atoms with E-state index in [-0.39, 0.29) is 5.56 Å². The lowest BCUT2D eigenvalue weighted by Gasteiger charge is -2.03. The van der Waals surface area contributed by atoms with Crippen molar-refractivity contribution in [3.63, 3.8) is 0 Å². The van der Waals surface area contributed by atoms with E-state index in [9.17, 15) is 9.59 Å². The molecule has 2 aromatic heterocycles. The number of imidazole rings is 1. The Bertz CT molecular complexity index is 647. The van der Waals surface area contributed by atoms with Crippen molar-refractivity contribution in [3.8, 4) is 0 Å². The van der Waals surface area contributed by atoms with Gasteiger partial charge in [0.15, 0.2) is 11.2 Å². The minimum Gasteiger partial charge on any atom is -0.325 e. The zero-order chi connectivity index (χ0) is 11.9. The first kappa shape index (κ1) is 10.7. The molecule has 0 atom stereocenters. The van der Waals surface area contributed by atoms with Gasteiger partial charge in [-0.1, -0.05) is 6.92 Å². The number of hydrogen-bond donors (Lipinski definition) is 1. The standard InChI is InChI=1S/C10H14N4O2/c1-4-5-14-8-7(9(15)12-10(14)16)13(3)6(2)11-8/h4-5H2,1-3H3,(H,12,15,16). The molecule has 0 saturated carbocycles. The van der Waals surface area contributed by atoms with E-state index in [1.54, 1.807) is 18.5 Å². The number of H-pyrrole nitrogens is 1. The minimum atomic E-state index is -0.391. The van der Waals surface area contributed by atoms with E-state index in [1.807, 2.05) is 6.92 Å². The van der Waals surface area contributed by atoms with Crippen molar-refractivity contribution in [3.05, 3.63) is 26.7 Å². The van der Waals surface area contributed by atoms with E-state index in [1.165, 1.54) is 4.57 Å². The summed E-state index contributed by atoms with van der Waals surface area (Å²) in [4.78, 5) is 29.9. The molecule has 16 heavy (non-hydrogen) atoms. The van der Waals surface area contributed by atoms with Crippen LogP contribution in [0.4, 0.5) is 0 Å². The van der Waals surface area contributed by atoms with E-state index >= 15 is 0 Å². The van der Waals surface area contributed by atoms with Gasteiger partial charge in [0.25, 0.3) is 5.56 Å². The number of nitrogens with zero attached hydrogens (tertiary/aromatic N) is 3. The summed E-state index contributed by atoms with van der Waals surface area (Å²) in [5.41, 5.74) is 0.147. The summed E-state index contributed by atoms with van der Waals surface area (Å²) < 4.78 is 3.20. The zero-order valence-corrected chi connectivity index (χ0v) is 9.57. The molecule has 0 radical (unpaired) electrons. The largest absolute Gasteiger partial charge is 0.330 e. The molecule has 0 amide bonds. The fourth-order valence-corrected chi connectivity index (χ4v) is 1.79. The summed E-state index contributed by atoms with van der Waals surface area (Å²) in [6.45, 7) is 4.34. The first-order chi connectivity index (χ1) is 7.56. The Hall–Kier alpha value is -1.85. The van der Waals surface area contributed by atoms with Crippen molar-refractivity contribution in [1.29, 1.82) is 0 Å². The van der Waals surface area contributed by atoms with Gasteiger partial charge in [0, 0.05) is 13.6 Å². The van der Waals surface area contributed by atoms with E-state index in [0.717, 1.165) is 12.2 Å². The maximum atomic E-state index is 11.7. The van der Waals surface area contributed by atoms with Gasteiger partial charge in [-0.05, 0) is 13.3 Å². The lowest BCUT2D eigenvalue weighted by atomic mass is 10.4. The Morgan fingerprint density at radius 2 is 2.06 bits per heavy atom. The van der Waals surface area contributed by atoms with E-state index in [0.29, 0.717) is 17.7 Å². The van der Waals surface area contributed by atoms with Crippen molar-refractivity contribution in [2.24, 2.45) is 7.05 Å². The maximum Gasteiger partial charge on any atom is 0.330 e. The van der Waals surface area contributed by atoms with Crippen LogP contribution in [0.2, 0.25) is 0 Å². The third kappa shape index (κ3) is 1.37. The second kappa shape index (κ2) is 3.62. The number of nitrogens with one attached hydrogen (secondary N) is 1.